The molecule has 0 aliphatic rings. The minimum Gasteiger partial charge on any atom is -0.424 e. The third-order valence-electron chi connectivity index (χ3n) is 3.02. The van der Waals surface area contributed by atoms with Crippen LogP contribution in [0.15, 0.2) is 59.1 Å². The molecule has 5 nitrogen and oxygen atoms in total. The van der Waals surface area contributed by atoms with Crippen LogP contribution in [0.25, 0.3) is 0 Å². The molecule has 0 atom stereocenters. The van der Waals surface area contributed by atoms with E-state index in [4.69, 9.17) is 4.42 Å². The van der Waals surface area contributed by atoms with Crippen molar-refractivity contribution in [1.29, 1.82) is 0 Å². The highest BCUT2D eigenvalue weighted by atomic mass is 16.4. The van der Waals surface area contributed by atoms with Crippen LogP contribution in [-0.4, -0.2) is 15.2 Å². The Kier molecular flexibility index (Phi) is 4.33. The Morgan fingerprint density at radius 2 is 1.67 bits per heavy atom. The van der Waals surface area contributed by atoms with Gasteiger partial charge >= 0.3 is 0 Å². The van der Waals surface area contributed by atoms with Gasteiger partial charge in [-0.25, -0.2) is 0 Å². The molecule has 0 fully saturated rings. The summed E-state index contributed by atoms with van der Waals surface area (Å²) in [4.78, 5) is 4.24. The third-order valence-corrected chi connectivity index (χ3v) is 3.02. The molecule has 106 valence electrons. The Hall–Kier alpha value is -2.53. The molecule has 0 aliphatic carbocycles. The van der Waals surface area contributed by atoms with Crippen LogP contribution in [0.5, 0.6) is 0 Å². The average Bonchev–Trinajstić information content (AvgIpc) is 2.97. The fourth-order valence-electron chi connectivity index (χ4n) is 2.00. The summed E-state index contributed by atoms with van der Waals surface area (Å²) in [6, 6.07) is 15.9. The summed E-state index contributed by atoms with van der Waals surface area (Å²) in [5, 5.41) is 11.3. The highest BCUT2D eigenvalue weighted by molar-refractivity contribution is 5.17. The predicted octanol–water partition coefficient (Wildman–Crippen LogP) is 2.35. The summed E-state index contributed by atoms with van der Waals surface area (Å²) in [7, 11) is 0. The van der Waals surface area contributed by atoms with E-state index >= 15 is 0 Å². The smallest absolute Gasteiger partial charge is 0.230 e. The van der Waals surface area contributed by atoms with Gasteiger partial charge in [0.1, 0.15) is 0 Å². The monoisotopic (exact) mass is 280 g/mol. The van der Waals surface area contributed by atoms with Gasteiger partial charge < -0.3 is 9.73 Å². The van der Waals surface area contributed by atoms with Crippen molar-refractivity contribution in [1.82, 2.24) is 20.5 Å². The number of nitrogens with zero attached hydrogens (tertiary/aromatic N) is 3. The van der Waals surface area contributed by atoms with E-state index in [1.807, 2.05) is 48.5 Å². The van der Waals surface area contributed by atoms with Crippen molar-refractivity contribution in [3.63, 3.8) is 0 Å². The molecule has 0 bridgehead atoms. The molecule has 0 unspecified atom stereocenters. The van der Waals surface area contributed by atoms with Gasteiger partial charge in [0.25, 0.3) is 0 Å². The summed E-state index contributed by atoms with van der Waals surface area (Å²) in [5.41, 5.74) is 2.15. The molecule has 0 saturated heterocycles. The average molecular weight is 280 g/mol. The second-order valence-electron chi connectivity index (χ2n) is 4.68. The number of hydrogen-bond acceptors (Lipinski definition) is 5. The fourth-order valence-corrected chi connectivity index (χ4v) is 2.00. The van der Waals surface area contributed by atoms with E-state index < -0.39 is 0 Å². The van der Waals surface area contributed by atoms with Crippen LogP contribution in [0.4, 0.5) is 0 Å². The molecule has 5 heteroatoms. The molecule has 2 heterocycles. The van der Waals surface area contributed by atoms with Crippen LogP contribution in [0, 0.1) is 0 Å². The van der Waals surface area contributed by atoms with Gasteiger partial charge in [-0.3, -0.25) is 4.98 Å². The molecular formula is C16H16N4O. The van der Waals surface area contributed by atoms with E-state index in [1.54, 1.807) is 6.20 Å². The number of aromatic nitrogens is 3. The van der Waals surface area contributed by atoms with Gasteiger partial charge in [0, 0.05) is 12.7 Å². The fraction of sp³-hybridized carbons (Fsp3) is 0.188. The Labute approximate surface area is 123 Å². The lowest BCUT2D eigenvalue weighted by Gasteiger charge is -2.00. The van der Waals surface area contributed by atoms with Gasteiger partial charge in [-0.15, -0.1) is 10.2 Å². The molecule has 0 radical (unpaired) electrons. The van der Waals surface area contributed by atoms with Gasteiger partial charge in [-0.1, -0.05) is 36.4 Å². The zero-order valence-electron chi connectivity index (χ0n) is 11.6. The predicted molar refractivity (Wildman–Crippen MR) is 78.3 cm³/mol. The normalized spacial score (nSPS) is 10.7. The minimum atomic E-state index is 0.540. The highest BCUT2D eigenvalue weighted by Gasteiger charge is 2.06. The van der Waals surface area contributed by atoms with Crippen LogP contribution in [0.3, 0.4) is 0 Å². The van der Waals surface area contributed by atoms with Crippen molar-refractivity contribution in [2.45, 2.75) is 19.5 Å². The Morgan fingerprint density at radius 1 is 0.857 bits per heavy atom. The van der Waals surface area contributed by atoms with Crippen molar-refractivity contribution >= 4 is 0 Å². The topological polar surface area (TPSA) is 63.8 Å². The van der Waals surface area contributed by atoms with Crippen LogP contribution < -0.4 is 5.32 Å². The summed E-state index contributed by atoms with van der Waals surface area (Å²) >= 11 is 0. The first-order valence-electron chi connectivity index (χ1n) is 6.86. The Morgan fingerprint density at radius 3 is 2.48 bits per heavy atom. The van der Waals surface area contributed by atoms with Crippen molar-refractivity contribution in [3.8, 4) is 0 Å². The van der Waals surface area contributed by atoms with E-state index in [0.717, 1.165) is 11.3 Å². The summed E-state index contributed by atoms with van der Waals surface area (Å²) in [6.07, 6.45) is 2.44. The minimum absolute atomic E-state index is 0.540. The van der Waals surface area contributed by atoms with Crippen LogP contribution in [-0.2, 0) is 19.5 Å². The second-order valence-corrected chi connectivity index (χ2v) is 4.68. The molecule has 0 spiro atoms. The van der Waals surface area contributed by atoms with Crippen molar-refractivity contribution in [2.75, 3.05) is 0 Å². The maximum absolute atomic E-state index is 5.62. The van der Waals surface area contributed by atoms with E-state index in [1.165, 1.54) is 0 Å². The maximum Gasteiger partial charge on any atom is 0.230 e. The number of nitrogens with one attached hydrogen (secondary N) is 1. The van der Waals surface area contributed by atoms with Gasteiger partial charge in [-0.05, 0) is 17.7 Å². The van der Waals surface area contributed by atoms with Crippen LogP contribution in [0.2, 0.25) is 0 Å². The standard InChI is InChI=1S/C16H16N4O/c1-2-6-13(7-3-1)10-15-19-20-16(21-15)12-17-11-14-8-4-5-9-18-14/h1-9,17H,10-12H2. The lowest BCUT2D eigenvalue weighted by atomic mass is 10.2. The molecular weight excluding hydrogens is 264 g/mol. The molecule has 1 aromatic carbocycles. The SMILES string of the molecule is c1ccc(Cc2nnc(CNCc3ccccn3)o2)cc1. The molecule has 1 N–H and O–H groups in total. The number of benzene rings is 1. The lowest BCUT2D eigenvalue weighted by molar-refractivity contribution is 0.438. The van der Waals surface area contributed by atoms with Gasteiger partial charge in [0.05, 0.1) is 18.7 Å². The van der Waals surface area contributed by atoms with Crippen LogP contribution >= 0.6 is 0 Å². The summed E-state index contributed by atoms with van der Waals surface area (Å²) < 4.78 is 5.62. The van der Waals surface area contributed by atoms with E-state index in [2.05, 4.69) is 20.5 Å². The third kappa shape index (κ3) is 3.97. The molecule has 0 saturated carbocycles. The number of pyridine rings is 1. The van der Waals surface area contributed by atoms with Crippen molar-refractivity contribution in [2.24, 2.45) is 0 Å². The number of hydrogen-bond donors (Lipinski definition) is 1. The van der Waals surface area contributed by atoms with Crippen molar-refractivity contribution in [3.05, 3.63) is 77.8 Å². The van der Waals surface area contributed by atoms with Gasteiger partial charge in [-0.2, -0.15) is 0 Å². The summed E-state index contributed by atoms with van der Waals surface area (Å²) in [5.74, 6) is 1.23. The quantitative estimate of drug-likeness (QED) is 0.751. The van der Waals surface area contributed by atoms with E-state index in [0.29, 0.717) is 31.3 Å². The van der Waals surface area contributed by atoms with Gasteiger partial charge in [0.2, 0.25) is 11.8 Å². The first kappa shape index (κ1) is 13.5. The Balaban J connectivity index is 1.51. The molecule has 3 aromatic rings. The number of rotatable bonds is 6. The first-order chi connectivity index (χ1) is 10.4. The highest BCUT2D eigenvalue weighted by Crippen LogP contribution is 2.08. The van der Waals surface area contributed by atoms with Crippen LogP contribution in [0.1, 0.15) is 23.0 Å². The largest absolute Gasteiger partial charge is 0.424 e. The zero-order valence-corrected chi connectivity index (χ0v) is 11.6. The maximum atomic E-state index is 5.62. The van der Waals surface area contributed by atoms with Crippen molar-refractivity contribution < 1.29 is 4.42 Å². The summed E-state index contributed by atoms with van der Waals surface area (Å²) in [6.45, 7) is 1.22. The Bertz CT molecular complexity index is 667. The molecule has 21 heavy (non-hydrogen) atoms. The molecule has 0 amide bonds. The molecule has 3 rings (SSSR count). The van der Waals surface area contributed by atoms with Gasteiger partial charge in [0.15, 0.2) is 0 Å². The molecule has 2 aromatic heterocycles. The van der Waals surface area contributed by atoms with E-state index in [-0.39, 0.29) is 0 Å². The van der Waals surface area contributed by atoms with E-state index in [9.17, 15) is 0 Å². The second kappa shape index (κ2) is 6.76. The lowest BCUT2D eigenvalue weighted by Crippen LogP contribution is -2.13. The molecule has 0 aliphatic heterocycles. The first-order valence-corrected chi connectivity index (χ1v) is 6.86. The zero-order chi connectivity index (χ0) is 14.3.